The molecule has 1 amide bonds. The van der Waals surface area contributed by atoms with E-state index in [1.54, 1.807) is 12.4 Å². The van der Waals surface area contributed by atoms with Crippen molar-refractivity contribution < 1.29 is 9.32 Å². The second kappa shape index (κ2) is 7.70. The quantitative estimate of drug-likeness (QED) is 0.742. The lowest BCUT2D eigenvalue weighted by Gasteiger charge is -2.07. The lowest BCUT2D eigenvalue weighted by Crippen LogP contribution is -2.11. The SMILES string of the molecule is Cc1ccc(NC(=O)CCCc2nc(-c3cccnc3)no2)cc1C. The smallest absolute Gasteiger partial charge is 0.226 e. The van der Waals surface area contributed by atoms with Gasteiger partial charge in [0, 0.05) is 36.5 Å². The number of aryl methyl sites for hydroxylation is 3. The van der Waals surface area contributed by atoms with Crippen LogP contribution in [0.4, 0.5) is 5.69 Å². The van der Waals surface area contributed by atoms with Crippen LogP contribution in [0.25, 0.3) is 11.4 Å². The molecule has 0 spiro atoms. The highest BCUT2D eigenvalue weighted by Gasteiger charge is 2.10. The summed E-state index contributed by atoms with van der Waals surface area (Å²) in [5.41, 5.74) is 4.00. The van der Waals surface area contributed by atoms with E-state index in [4.69, 9.17) is 4.52 Å². The van der Waals surface area contributed by atoms with E-state index in [-0.39, 0.29) is 5.91 Å². The molecule has 2 heterocycles. The van der Waals surface area contributed by atoms with Gasteiger partial charge < -0.3 is 9.84 Å². The fourth-order valence-electron chi connectivity index (χ4n) is 2.41. The molecule has 25 heavy (non-hydrogen) atoms. The molecular weight excluding hydrogens is 316 g/mol. The van der Waals surface area contributed by atoms with E-state index in [1.807, 2.05) is 44.2 Å². The summed E-state index contributed by atoms with van der Waals surface area (Å²) in [6.45, 7) is 4.07. The molecule has 1 N–H and O–H groups in total. The number of aromatic nitrogens is 3. The van der Waals surface area contributed by atoms with Crippen molar-refractivity contribution in [3.05, 3.63) is 59.7 Å². The van der Waals surface area contributed by atoms with Gasteiger partial charge in [-0.1, -0.05) is 11.2 Å². The zero-order valence-corrected chi connectivity index (χ0v) is 14.3. The van der Waals surface area contributed by atoms with Crippen molar-refractivity contribution in [1.29, 1.82) is 0 Å². The van der Waals surface area contributed by atoms with E-state index in [2.05, 4.69) is 20.4 Å². The van der Waals surface area contributed by atoms with Gasteiger partial charge in [-0.3, -0.25) is 9.78 Å². The fraction of sp³-hybridized carbons (Fsp3) is 0.263. The molecule has 0 fully saturated rings. The molecule has 0 aliphatic carbocycles. The van der Waals surface area contributed by atoms with E-state index in [1.165, 1.54) is 5.56 Å². The highest BCUT2D eigenvalue weighted by Crippen LogP contribution is 2.16. The molecule has 6 nitrogen and oxygen atoms in total. The van der Waals surface area contributed by atoms with Gasteiger partial charge in [0.05, 0.1) is 0 Å². The number of carbonyl (C=O) groups excluding carboxylic acids is 1. The molecule has 128 valence electrons. The number of benzene rings is 1. The standard InChI is InChI=1S/C19H20N4O2/c1-13-8-9-16(11-14(13)2)21-17(24)6-3-7-18-22-19(23-25-18)15-5-4-10-20-12-15/h4-5,8-12H,3,6-7H2,1-2H3,(H,21,24). The van der Waals surface area contributed by atoms with Gasteiger partial charge in [-0.05, 0) is 55.7 Å². The van der Waals surface area contributed by atoms with E-state index in [0.29, 0.717) is 31.0 Å². The Balaban J connectivity index is 1.48. The minimum Gasteiger partial charge on any atom is -0.339 e. The Kier molecular flexibility index (Phi) is 5.18. The van der Waals surface area contributed by atoms with Crippen molar-refractivity contribution in [3.63, 3.8) is 0 Å². The highest BCUT2D eigenvalue weighted by atomic mass is 16.5. The summed E-state index contributed by atoms with van der Waals surface area (Å²) >= 11 is 0. The lowest BCUT2D eigenvalue weighted by atomic mass is 10.1. The van der Waals surface area contributed by atoms with Crippen LogP contribution in [0.5, 0.6) is 0 Å². The maximum atomic E-state index is 12.0. The Bertz CT molecular complexity index is 859. The number of nitrogens with zero attached hydrogens (tertiary/aromatic N) is 3. The molecule has 2 aromatic heterocycles. The molecule has 6 heteroatoms. The molecule has 0 aliphatic rings. The molecule has 0 aliphatic heterocycles. The first-order chi connectivity index (χ1) is 12.1. The molecule has 3 rings (SSSR count). The van der Waals surface area contributed by atoms with Crippen LogP contribution in [0.2, 0.25) is 0 Å². The summed E-state index contributed by atoms with van der Waals surface area (Å²) < 4.78 is 5.23. The number of hydrogen-bond acceptors (Lipinski definition) is 5. The minimum absolute atomic E-state index is 0.0183. The molecule has 0 atom stereocenters. The number of anilines is 1. The van der Waals surface area contributed by atoms with Crippen LogP contribution in [-0.2, 0) is 11.2 Å². The second-order valence-electron chi connectivity index (χ2n) is 5.95. The first-order valence-corrected chi connectivity index (χ1v) is 8.22. The third kappa shape index (κ3) is 4.50. The number of hydrogen-bond donors (Lipinski definition) is 1. The number of amides is 1. The Hall–Kier alpha value is -3.02. The fourth-order valence-corrected chi connectivity index (χ4v) is 2.41. The summed E-state index contributed by atoms with van der Waals surface area (Å²) in [5, 5.41) is 6.86. The predicted octanol–water partition coefficient (Wildman–Crippen LogP) is 3.71. The molecule has 0 radical (unpaired) electrons. The van der Waals surface area contributed by atoms with Crippen LogP contribution >= 0.6 is 0 Å². The third-order valence-corrected chi connectivity index (χ3v) is 3.97. The van der Waals surface area contributed by atoms with Gasteiger partial charge in [0.2, 0.25) is 17.6 Å². The van der Waals surface area contributed by atoms with Gasteiger partial charge in [0.15, 0.2) is 0 Å². The minimum atomic E-state index is -0.0183. The first-order valence-electron chi connectivity index (χ1n) is 8.22. The Morgan fingerprint density at radius 2 is 2.08 bits per heavy atom. The average Bonchev–Trinajstić information content (AvgIpc) is 3.08. The molecule has 0 saturated heterocycles. The van der Waals surface area contributed by atoms with Gasteiger partial charge in [0.25, 0.3) is 0 Å². The summed E-state index contributed by atoms with van der Waals surface area (Å²) in [4.78, 5) is 20.4. The zero-order valence-electron chi connectivity index (χ0n) is 14.3. The topological polar surface area (TPSA) is 80.9 Å². The van der Waals surface area contributed by atoms with Crippen molar-refractivity contribution in [3.8, 4) is 11.4 Å². The highest BCUT2D eigenvalue weighted by molar-refractivity contribution is 5.90. The summed E-state index contributed by atoms with van der Waals surface area (Å²) in [6.07, 6.45) is 4.99. The number of rotatable bonds is 6. The van der Waals surface area contributed by atoms with Crippen molar-refractivity contribution in [2.45, 2.75) is 33.1 Å². The largest absolute Gasteiger partial charge is 0.339 e. The van der Waals surface area contributed by atoms with Crippen LogP contribution in [0.1, 0.15) is 29.9 Å². The van der Waals surface area contributed by atoms with Crippen molar-refractivity contribution in [2.24, 2.45) is 0 Å². The predicted molar refractivity (Wildman–Crippen MR) is 95.0 cm³/mol. The Morgan fingerprint density at radius 1 is 1.20 bits per heavy atom. The van der Waals surface area contributed by atoms with E-state index in [9.17, 15) is 4.79 Å². The molecule has 0 bridgehead atoms. The van der Waals surface area contributed by atoms with Crippen LogP contribution in [0, 0.1) is 13.8 Å². The van der Waals surface area contributed by atoms with Crippen LogP contribution in [-0.4, -0.2) is 21.0 Å². The number of nitrogens with one attached hydrogen (secondary N) is 1. The molecule has 0 unspecified atom stereocenters. The van der Waals surface area contributed by atoms with Gasteiger partial charge in [-0.25, -0.2) is 0 Å². The molecule has 0 saturated carbocycles. The Labute approximate surface area is 146 Å². The maximum absolute atomic E-state index is 12.0. The number of carbonyl (C=O) groups is 1. The van der Waals surface area contributed by atoms with E-state index < -0.39 is 0 Å². The summed E-state index contributed by atoms with van der Waals surface area (Å²) in [6, 6.07) is 9.59. The van der Waals surface area contributed by atoms with Crippen molar-refractivity contribution in [2.75, 3.05) is 5.32 Å². The molecule has 3 aromatic rings. The Morgan fingerprint density at radius 3 is 2.84 bits per heavy atom. The van der Waals surface area contributed by atoms with E-state index in [0.717, 1.165) is 16.8 Å². The summed E-state index contributed by atoms with van der Waals surface area (Å²) in [7, 11) is 0. The van der Waals surface area contributed by atoms with Gasteiger partial charge >= 0.3 is 0 Å². The molecule has 1 aromatic carbocycles. The van der Waals surface area contributed by atoms with Crippen molar-refractivity contribution >= 4 is 11.6 Å². The third-order valence-electron chi connectivity index (χ3n) is 3.97. The second-order valence-corrected chi connectivity index (χ2v) is 5.95. The first kappa shape index (κ1) is 16.8. The average molecular weight is 336 g/mol. The van der Waals surface area contributed by atoms with Gasteiger partial charge in [-0.2, -0.15) is 4.98 Å². The van der Waals surface area contributed by atoms with Crippen LogP contribution in [0.15, 0.2) is 47.2 Å². The zero-order chi connectivity index (χ0) is 17.6. The monoisotopic (exact) mass is 336 g/mol. The lowest BCUT2D eigenvalue weighted by molar-refractivity contribution is -0.116. The van der Waals surface area contributed by atoms with Crippen LogP contribution < -0.4 is 5.32 Å². The van der Waals surface area contributed by atoms with Gasteiger partial charge in [0.1, 0.15) is 0 Å². The number of pyridine rings is 1. The van der Waals surface area contributed by atoms with E-state index >= 15 is 0 Å². The molecular formula is C19H20N4O2. The van der Waals surface area contributed by atoms with Gasteiger partial charge in [-0.15, -0.1) is 0 Å². The normalized spacial score (nSPS) is 10.6. The maximum Gasteiger partial charge on any atom is 0.226 e. The van der Waals surface area contributed by atoms with Crippen molar-refractivity contribution in [1.82, 2.24) is 15.1 Å². The van der Waals surface area contributed by atoms with Crippen LogP contribution in [0.3, 0.4) is 0 Å². The summed E-state index contributed by atoms with van der Waals surface area (Å²) in [5.74, 6) is 1.02.